The number of nitrogens with zero attached hydrogens (tertiary/aromatic N) is 5. The number of nitrogens with one attached hydrogen (secondary N) is 1. The number of hydrogen-bond donors (Lipinski definition) is 1. The molecule has 0 saturated carbocycles. The lowest BCUT2D eigenvalue weighted by molar-refractivity contribution is 0.285. The fourth-order valence-corrected chi connectivity index (χ4v) is 2.73. The Bertz CT molecular complexity index is 549. The molecule has 0 aliphatic carbocycles. The summed E-state index contributed by atoms with van der Waals surface area (Å²) in [6, 6.07) is 0.579. The van der Waals surface area contributed by atoms with Crippen molar-refractivity contribution in [1.82, 2.24) is 24.8 Å². The number of likely N-dealkylation sites (N-methyl/N-ethyl adjacent to an activating group) is 1. The van der Waals surface area contributed by atoms with Crippen LogP contribution in [0, 0.1) is 0 Å². The monoisotopic (exact) mass is 260 g/mol. The van der Waals surface area contributed by atoms with Crippen molar-refractivity contribution in [3.63, 3.8) is 0 Å². The molecule has 0 unspecified atom stereocenters. The van der Waals surface area contributed by atoms with E-state index in [0.29, 0.717) is 6.04 Å². The van der Waals surface area contributed by atoms with Crippen molar-refractivity contribution in [2.24, 2.45) is 0 Å². The van der Waals surface area contributed by atoms with Gasteiger partial charge in [-0.3, -0.25) is 0 Å². The quantitative estimate of drug-likeness (QED) is 0.881. The predicted octanol–water partition coefficient (Wildman–Crippen LogP) is 1.27. The summed E-state index contributed by atoms with van der Waals surface area (Å²) < 4.78 is 0. The van der Waals surface area contributed by atoms with E-state index in [2.05, 4.69) is 43.8 Å². The molecule has 0 aromatic carbocycles. The van der Waals surface area contributed by atoms with Crippen molar-refractivity contribution in [1.29, 1.82) is 0 Å². The Kier molecular flexibility index (Phi) is 3.33. The van der Waals surface area contributed by atoms with Crippen molar-refractivity contribution in [2.75, 3.05) is 32.1 Å². The molecule has 1 fully saturated rings. The van der Waals surface area contributed by atoms with Crippen LogP contribution in [0.1, 0.15) is 19.3 Å². The maximum atomic E-state index is 4.46. The van der Waals surface area contributed by atoms with Gasteiger partial charge in [0.2, 0.25) is 0 Å². The highest BCUT2D eigenvalue weighted by molar-refractivity contribution is 5.82. The summed E-state index contributed by atoms with van der Waals surface area (Å²) in [7, 11) is 4.31. The lowest BCUT2D eigenvalue weighted by Crippen LogP contribution is -2.39. The Morgan fingerprint density at radius 2 is 2.16 bits per heavy atom. The Hall–Kier alpha value is -1.69. The summed E-state index contributed by atoms with van der Waals surface area (Å²) in [5.41, 5.74) is 1.69. The molecule has 0 amide bonds. The van der Waals surface area contributed by atoms with Gasteiger partial charge in [0, 0.05) is 19.1 Å². The van der Waals surface area contributed by atoms with E-state index in [4.69, 9.17) is 0 Å². The summed E-state index contributed by atoms with van der Waals surface area (Å²) >= 11 is 0. The third-order valence-corrected chi connectivity index (χ3v) is 3.88. The number of H-pyrrole nitrogens is 1. The number of imidazole rings is 1. The van der Waals surface area contributed by atoms with Gasteiger partial charge in [-0.25, -0.2) is 15.0 Å². The molecular formula is C13H20N6. The second-order valence-electron chi connectivity index (χ2n) is 5.36. The van der Waals surface area contributed by atoms with Gasteiger partial charge in [-0.2, -0.15) is 0 Å². The Balaban J connectivity index is 1.93. The summed E-state index contributed by atoms with van der Waals surface area (Å²) in [6.45, 7) is 2.06. The number of fused-ring (bicyclic) bond motifs is 1. The molecule has 2 aromatic rings. The summed E-state index contributed by atoms with van der Waals surface area (Å²) in [4.78, 5) is 20.7. The molecule has 0 radical (unpaired) electrons. The van der Waals surface area contributed by atoms with Crippen LogP contribution in [0.5, 0.6) is 0 Å². The van der Waals surface area contributed by atoms with Gasteiger partial charge in [0.05, 0.1) is 6.33 Å². The highest BCUT2D eigenvalue weighted by Crippen LogP contribution is 2.23. The highest BCUT2D eigenvalue weighted by Gasteiger charge is 2.22. The largest absolute Gasteiger partial charge is 0.353 e. The molecule has 0 bridgehead atoms. The standard InChI is InChI=1S/C13H20N6/c1-18(2)10-5-3-4-6-19(7-10)13-11-12(15-8-14-11)16-9-17-13/h8-10H,3-7H2,1-2H3,(H,14,15,16,17)/t10-/m0/s1. The minimum absolute atomic E-state index is 0.579. The molecule has 19 heavy (non-hydrogen) atoms. The SMILES string of the molecule is CN(C)[C@H]1CCCCN(c2ncnc3nc[nH]c23)C1. The van der Waals surface area contributed by atoms with Gasteiger partial charge in [-0.1, -0.05) is 6.42 Å². The Labute approximate surface area is 112 Å². The molecule has 3 rings (SSSR count). The second-order valence-corrected chi connectivity index (χ2v) is 5.36. The summed E-state index contributed by atoms with van der Waals surface area (Å²) in [6.07, 6.45) is 7.03. The molecule has 2 aromatic heterocycles. The molecule has 1 saturated heterocycles. The smallest absolute Gasteiger partial charge is 0.182 e. The van der Waals surface area contributed by atoms with E-state index >= 15 is 0 Å². The molecule has 102 valence electrons. The van der Waals surface area contributed by atoms with E-state index < -0.39 is 0 Å². The fourth-order valence-electron chi connectivity index (χ4n) is 2.73. The molecule has 3 heterocycles. The van der Waals surface area contributed by atoms with Crippen LogP contribution in [0.4, 0.5) is 5.82 Å². The van der Waals surface area contributed by atoms with Crippen molar-refractivity contribution in [3.05, 3.63) is 12.7 Å². The molecule has 1 aliphatic heterocycles. The lowest BCUT2D eigenvalue weighted by Gasteiger charge is -2.29. The normalized spacial score (nSPS) is 21.0. The Morgan fingerprint density at radius 1 is 1.26 bits per heavy atom. The zero-order chi connectivity index (χ0) is 13.2. The zero-order valence-electron chi connectivity index (χ0n) is 11.5. The molecule has 6 nitrogen and oxygen atoms in total. The first-order valence-corrected chi connectivity index (χ1v) is 6.81. The second kappa shape index (κ2) is 5.13. The fraction of sp³-hybridized carbons (Fsp3) is 0.615. The van der Waals surface area contributed by atoms with Crippen molar-refractivity contribution in [3.8, 4) is 0 Å². The molecule has 1 atom stereocenters. The maximum absolute atomic E-state index is 4.46. The van der Waals surface area contributed by atoms with Crippen LogP contribution in [-0.2, 0) is 0 Å². The average Bonchev–Trinajstić information content (AvgIpc) is 2.74. The van der Waals surface area contributed by atoms with Crippen LogP contribution >= 0.6 is 0 Å². The highest BCUT2D eigenvalue weighted by atomic mass is 15.2. The van der Waals surface area contributed by atoms with E-state index in [1.807, 2.05) is 0 Å². The Morgan fingerprint density at radius 3 is 3.00 bits per heavy atom. The third-order valence-electron chi connectivity index (χ3n) is 3.88. The van der Waals surface area contributed by atoms with Gasteiger partial charge in [0.15, 0.2) is 11.5 Å². The zero-order valence-corrected chi connectivity index (χ0v) is 11.5. The van der Waals surface area contributed by atoms with Crippen LogP contribution in [-0.4, -0.2) is 58.1 Å². The van der Waals surface area contributed by atoms with Gasteiger partial charge in [0.25, 0.3) is 0 Å². The molecule has 1 aliphatic rings. The van der Waals surface area contributed by atoms with Gasteiger partial charge < -0.3 is 14.8 Å². The number of rotatable bonds is 2. The first kappa shape index (κ1) is 12.3. The maximum Gasteiger partial charge on any atom is 0.182 e. The summed E-state index contributed by atoms with van der Waals surface area (Å²) in [5, 5.41) is 0. The number of anilines is 1. The van der Waals surface area contributed by atoms with Crippen LogP contribution in [0.3, 0.4) is 0 Å². The first-order chi connectivity index (χ1) is 9.25. The summed E-state index contributed by atoms with van der Waals surface area (Å²) in [5.74, 6) is 0.983. The molecule has 0 spiro atoms. The lowest BCUT2D eigenvalue weighted by atomic mass is 10.1. The molecular weight excluding hydrogens is 240 g/mol. The van der Waals surface area contributed by atoms with Crippen LogP contribution < -0.4 is 4.90 Å². The molecule has 6 heteroatoms. The van der Waals surface area contributed by atoms with E-state index in [-0.39, 0.29) is 0 Å². The van der Waals surface area contributed by atoms with Crippen molar-refractivity contribution < 1.29 is 0 Å². The van der Waals surface area contributed by atoms with Crippen LogP contribution in [0.15, 0.2) is 12.7 Å². The number of hydrogen-bond acceptors (Lipinski definition) is 5. The first-order valence-electron chi connectivity index (χ1n) is 6.81. The van der Waals surface area contributed by atoms with Crippen LogP contribution in [0.25, 0.3) is 11.2 Å². The van der Waals surface area contributed by atoms with E-state index in [1.165, 1.54) is 19.3 Å². The number of aromatic nitrogens is 4. The van der Waals surface area contributed by atoms with E-state index in [1.54, 1.807) is 12.7 Å². The van der Waals surface area contributed by atoms with Crippen LogP contribution in [0.2, 0.25) is 0 Å². The van der Waals surface area contributed by atoms with Gasteiger partial charge >= 0.3 is 0 Å². The van der Waals surface area contributed by atoms with Crippen molar-refractivity contribution in [2.45, 2.75) is 25.3 Å². The third kappa shape index (κ3) is 2.40. The predicted molar refractivity (Wildman–Crippen MR) is 75.2 cm³/mol. The van der Waals surface area contributed by atoms with Crippen molar-refractivity contribution >= 4 is 17.0 Å². The number of aromatic amines is 1. The molecule has 1 N–H and O–H groups in total. The van der Waals surface area contributed by atoms with Gasteiger partial charge in [-0.05, 0) is 26.9 Å². The van der Waals surface area contributed by atoms with E-state index in [0.717, 1.165) is 30.1 Å². The minimum Gasteiger partial charge on any atom is -0.353 e. The topological polar surface area (TPSA) is 60.9 Å². The van der Waals surface area contributed by atoms with Gasteiger partial charge in [0.1, 0.15) is 11.8 Å². The minimum atomic E-state index is 0.579. The van der Waals surface area contributed by atoms with E-state index in [9.17, 15) is 0 Å². The van der Waals surface area contributed by atoms with Gasteiger partial charge in [-0.15, -0.1) is 0 Å². The average molecular weight is 260 g/mol.